The zero-order valence-corrected chi connectivity index (χ0v) is 15.6. The van der Waals surface area contributed by atoms with E-state index in [1.807, 2.05) is 30.3 Å². The van der Waals surface area contributed by atoms with E-state index in [1.165, 1.54) is 12.1 Å². The molecular weight excluding hydrogens is 373 g/mol. The molecule has 0 bridgehead atoms. The Labute approximate surface area is 166 Å². The Bertz CT molecular complexity index is 1080. The molecule has 0 aliphatic carbocycles. The summed E-state index contributed by atoms with van der Waals surface area (Å²) in [5.41, 5.74) is 1.43. The topological polar surface area (TPSA) is 85.8 Å². The molecule has 2 aromatic heterocycles. The molecule has 8 heteroatoms. The summed E-state index contributed by atoms with van der Waals surface area (Å²) in [5, 5.41) is 11.0. The van der Waals surface area contributed by atoms with Crippen LogP contribution < -0.4 is 5.32 Å². The number of benzene rings is 2. The molecule has 2 atom stereocenters. The average molecular weight is 391 g/mol. The summed E-state index contributed by atoms with van der Waals surface area (Å²) in [6.07, 6.45) is 3.36. The van der Waals surface area contributed by atoms with Crippen molar-refractivity contribution in [1.82, 2.24) is 25.2 Å². The van der Waals surface area contributed by atoms with Gasteiger partial charge in [-0.3, -0.25) is 9.48 Å². The van der Waals surface area contributed by atoms with Crippen molar-refractivity contribution in [2.24, 2.45) is 0 Å². The van der Waals surface area contributed by atoms with Crippen LogP contribution in [0.3, 0.4) is 0 Å². The Morgan fingerprint density at radius 2 is 1.86 bits per heavy atom. The first kappa shape index (κ1) is 18.5. The van der Waals surface area contributed by atoms with Crippen LogP contribution in [-0.2, 0) is 4.79 Å². The van der Waals surface area contributed by atoms with Gasteiger partial charge in [0.2, 0.25) is 17.6 Å². The summed E-state index contributed by atoms with van der Waals surface area (Å²) in [4.78, 5) is 17.4. The van der Waals surface area contributed by atoms with Crippen molar-refractivity contribution >= 4 is 5.91 Å². The molecule has 2 aromatic carbocycles. The highest BCUT2D eigenvalue weighted by atomic mass is 19.1. The van der Waals surface area contributed by atoms with Crippen LogP contribution in [0.4, 0.5) is 4.39 Å². The van der Waals surface area contributed by atoms with Crippen LogP contribution in [-0.4, -0.2) is 25.8 Å². The van der Waals surface area contributed by atoms with Crippen molar-refractivity contribution in [2.75, 3.05) is 0 Å². The van der Waals surface area contributed by atoms with Crippen LogP contribution in [0.15, 0.2) is 77.6 Å². The largest absolute Gasteiger partial charge is 0.342 e. The number of aromatic nitrogens is 4. The number of amides is 1. The second-order valence-corrected chi connectivity index (χ2v) is 6.49. The number of nitrogens with zero attached hydrogens (tertiary/aromatic N) is 4. The maximum Gasteiger partial charge on any atom is 0.250 e. The quantitative estimate of drug-likeness (QED) is 0.543. The van der Waals surface area contributed by atoms with Crippen LogP contribution in [0.25, 0.3) is 11.4 Å². The molecule has 0 fully saturated rings. The lowest BCUT2D eigenvalue weighted by atomic mass is 10.1. The Morgan fingerprint density at radius 1 is 1.10 bits per heavy atom. The highest BCUT2D eigenvalue weighted by molar-refractivity contribution is 5.83. The molecule has 0 aliphatic rings. The summed E-state index contributed by atoms with van der Waals surface area (Å²) in [7, 11) is 0. The zero-order chi connectivity index (χ0) is 20.2. The third-order valence-corrected chi connectivity index (χ3v) is 4.43. The van der Waals surface area contributed by atoms with Crippen LogP contribution in [0.2, 0.25) is 0 Å². The number of hydrogen-bond donors (Lipinski definition) is 1. The Morgan fingerprint density at radius 3 is 2.55 bits per heavy atom. The number of rotatable bonds is 6. The fraction of sp³-hybridized carbons (Fsp3) is 0.143. The summed E-state index contributed by atoms with van der Waals surface area (Å²) in [6.45, 7) is 1.75. The molecule has 2 heterocycles. The molecule has 0 saturated heterocycles. The van der Waals surface area contributed by atoms with E-state index >= 15 is 0 Å². The third-order valence-electron chi connectivity index (χ3n) is 4.43. The fourth-order valence-electron chi connectivity index (χ4n) is 2.97. The lowest BCUT2D eigenvalue weighted by molar-refractivity contribution is -0.124. The molecule has 0 saturated carbocycles. The first-order valence-corrected chi connectivity index (χ1v) is 9.06. The van der Waals surface area contributed by atoms with Gasteiger partial charge in [0.05, 0.1) is 0 Å². The second-order valence-electron chi connectivity index (χ2n) is 6.49. The molecule has 0 radical (unpaired) electrons. The number of hydrogen-bond acceptors (Lipinski definition) is 5. The first-order valence-electron chi connectivity index (χ1n) is 9.06. The highest BCUT2D eigenvalue weighted by Gasteiger charge is 2.26. The van der Waals surface area contributed by atoms with Crippen molar-refractivity contribution in [3.63, 3.8) is 0 Å². The van der Waals surface area contributed by atoms with Gasteiger partial charge in [0, 0.05) is 18.0 Å². The standard InChI is InChI=1S/C21H18FN5O2/c1-14(21-25-19(26-29-21)16-8-10-17(22)11-9-16)24-20(28)18(27-13-5-12-23-27)15-6-3-2-4-7-15/h2-14,18H,1H3,(H,24,28). The van der Waals surface area contributed by atoms with Gasteiger partial charge in [0.15, 0.2) is 6.04 Å². The summed E-state index contributed by atoms with van der Waals surface area (Å²) in [5.74, 6) is -0.0182. The number of carbonyl (C=O) groups excluding carboxylic acids is 1. The second kappa shape index (κ2) is 8.05. The maximum atomic E-state index is 13.1. The van der Waals surface area contributed by atoms with Crippen LogP contribution in [0, 0.1) is 5.82 Å². The van der Waals surface area contributed by atoms with Crippen LogP contribution in [0.5, 0.6) is 0 Å². The Balaban J connectivity index is 1.53. The highest BCUT2D eigenvalue weighted by Crippen LogP contribution is 2.22. The van der Waals surface area contributed by atoms with Gasteiger partial charge in [0.25, 0.3) is 0 Å². The molecule has 1 N–H and O–H groups in total. The first-order chi connectivity index (χ1) is 14.1. The minimum absolute atomic E-state index is 0.255. The molecule has 29 heavy (non-hydrogen) atoms. The van der Waals surface area contributed by atoms with Gasteiger partial charge in [-0.2, -0.15) is 10.1 Å². The molecule has 2 unspecified atom stereocenters. The maximum absolute atomic E-state index is 13.1. The zero-order valence-electron chi connectivity index (χ0n) is 15.6. The normalized spacial score (nSPS) is 13.0. The SMILES string of the molecule is CC(NC(=O)C(c1ccccc1)n1cccn1)c1nc(-c2ccc(F)cc2)no1. The van der Waals surface area contributed by atoms with Crippen molar-refractivity contribution < 1.29 is 13.7 Å². The van der Waals surface area contributed by atoms with E-state index in [2.05, 4.69) is 20.6 Å². The van der Waals surface area contributed by atoms with Crippen molar-refractivity contribution in [3.05, 3.63) is 90.3 Å². The van der Waals surface area contributed by atoms with E-state index < -0.39 is 12.1 Å². The number of carbonyl (C=O) groups is 1. The fourth-order valence-corrected chi connectivity index (χ4v) is 2.97. The predicted molar refractivity (Wildman–Crippen MR) is 103 cm³/mol. The Hall–Kier alpha value is -3.81. The molecule has 4 rings (SSSR count). The third kappa shape index (κ3) is 4.06. The van der Waals surface area contributed by atoms with Gasteiger partial charge in [-0.15, -0.1) is 0 Å². The molecular formula is C21H18FN5O2. The molecule has 146 valence electrons. The van der Waals surface area contributed by atoms with Gasteiger partial charge in [-0.25, -0.2) is 4.39 Å². The number of halogens is 1. The lowest BCUT2D eigenvalue weighted by Gasteiger charge is -2.19. The van der Waals surface area contributed by atoms with E-state index in [4.69, 9.17) is 4.52 Å². The van der Waals surface area contributed by atoms with Crippen LogP contribution in [0.1, 0.15) is 30.5 Å². The summed E-state index contributed by atoms with van der Waals surface area (Å²) in [6, 6.07) is 15.8. The molecule has 0 aliphatic heterocycles. The molecule has 0 spiro atoms. The molecule has 4 aromatic rings. The van der Waals surface area contributed by atoms with Gasteiger partial charge in [0.1, 0.15) is 11.9 Å². The van der Waals surface area contributed by atoms with Gasteiger partial charge in [-0.05, 0) is 42.8 Å². The van der Waals surface area contributed by atoms with Gasteiger partial charge < -0.3 is 9.84 Å². The van der Waals surface area contributed by atoms with Crippen molar-refractivity contribution in [1.29, 1.82) is 0 Å². The van der Waals surface area contributed by atoms with Crippen LogP contribution >= 0.6 is 0 Å². The van der Waals surface area contributed by atoms with E-state index in [-0.39, 0.29) is 17.6 Å². The van der Waals surface area contributed by atoms with E-state index in [0.29, 0.717) is 11.4 Å². The van der Waals surface area contributed by atoms with Crippen molar-refractivity contribution in [3.8, 4) is 11.4 Å². The summed E-state index contributed by atoms with van der Waals surface area (Å²) < 4.78 is 20.0. The predicted octanol–water partition coefficient (Wildman–Crippen LogP) is 3.54. The van der Waals surface area contributed by atoms with E-state index in [0.717, 1.165) is 5.56 Å². The monoisotopic (exact) mass is 391 g/mol. The minimum Gasteiger partial charge on any atom is -0.342 e. The smallest absolute Gasteiger partial charge is 0.250 e. The van der Waals surface area contributed by atoms with E-state index in [9.17, 15) is 9.18 Å². The Kier molecular flexibility index (Phi) is 5.15. The van der Waals surface area contributed by atoms with Crippen molar-refractivity contribution in [2.45, 2.75) is 19.0 Å². The minimum atomic E-state index is -0.631. The van der Waals surface area contributed by atoms with E-state index in [1.54, 1.807) is 42.2 Å². The number of nitrogens with one attached hydrogen (secondary N) is 1. The summed E-state index contributed by atoms with van der Waals surface area (Å²) >= 11 is 0. The lowest BCUT2D eigenvalue weighted by Crippen LogP contribution is -2.35. The van der Waals surface area contributed by atoms with Gasteiger partial charge in [-0.1, -0.05) is 35.5 Å². The van der Waals surface area contributed by atoms with Gasteiger partial charge >= 0.3 is 0 Å². The molecule has 7 nitrogen and oxygen atoms in total. The molecule has 1 amide bonds. The average Bonchev–Trinajstić information content (AvgIpc) is 3.42.